The molecule has 0 radical (unpaired) electrons. The Kier molecular flexibility index (Phi) is 7.42. The molecule has 0 bridgehead atoms. The van der Waals surface area contributed by atoms with Crippen LogP contribution in [0, 0.1) is 0 Å². The van der Waals surface area contributed by atoms with Crippen molar-refractivity contribution in [1.29, 1.82) is 0 Å². The molecule has 1 heterocycles. The van der Waals surface area contributed by atoms with E-state index in [9.17, 15) is 4.79 Å². The molecule has 0 saturated heterocycles. The van der Waals surface area contributed by atoms with Crippen LogP contribution in [-0.4, -0.2) is 29.4 Å². The Morgan fingerprint density at radius 1 is 1.32 bits per heavy atom. The average Bonchev–Trinajstić information content (AvgIpc) is 2.89. The molecule has 0 atom stereocenters. The van der Waals surface area contributed by atoms with Gasteiger partial charge in [-0.3, -0.25) is 9.48 Å². The predicted octanol–water partition coefficient (Wildman–Crippen LogP) is 2.10. The van der Waals surface area contributed by atoms with Gasteiger partial charge in [-0.15, -0.1) is 12.4 Å². The van der Waals surface area contributed by atoms with E-state index in [1.807, 2.05) is 18.3 Å². The van der Waals surface area contributed by atoms with Crippen LogP contribution in [0.2, 0.25) is 0 Å². The number of carbonyl (C=O) groups excluding carboxylic acids is 1. The lowest BCUT2D eigenvalue weighted by Gasteiger charge is -2.03. The molecule has 1 aromatic heterocycles. The van der Waals surface area contributed by atoms with E-state index >= 15 is 0 Å². The fourth-order valence-corrected chi connectivity index (χ4v) is 1.93. The summed E-state index contributed by atoms with van der Waals surface area (Å²) in [6.07, 6.45) is 3.03. The number of nitrogen functional groups attached to an aromatic ring is 1. The number of benzene rings is 1. The number of aryl methyl sites for hydroxylation is 1. The lowest BCUT2D eigenvalue weighted by molar-refractivity contribution is -0.115. The number of amides is 1. The lowest BCUT2D eigenvalue weighted by Crippen LogP contribution is -2.15. The summed E-state index contributed by atoms with van der Waals surface area (Å²) in [6.45, 7) is 1.46. The van der Waals surface area contributed by atoms with Gasteiger partial charge in [0.1, 0.15) is 0 Å². The molecule has 2 aromatic rings. The molecular formula is C15H21ClN4O2. The minimum Gasteiger partial charge on any atom is -0.399 e. The molecular weight excluding hydrogens is 304 g/mol. The Labute approximate surface area is 136 Å². The first kappa shape index (κ1) is 18.0. The number of anilines is 2. The van der Waals surface area contributed by atoms with Crippen LogP contribution in [0.4, 0.5) is 11.5 Å². The second-order valence-electron chi connectivity index (χ2n) is 4.78. The summed E-state index contributed by atoms with van der Waals surface area (Å²) in [7, 11) is 1.67. The Morgan fingerprint density at radius 2 is 2.05 bits per heavy atom. The van der Waals surface area contributed by atoms with Crippen LogP contribution in [0.3, 0.4) is 0 Å². The molecule has 2 rings (SSSR count). The molecule has 0 aliphatic heterocycles. The first-order chi connectivity index (χ1) is 10.2. The molecule has 3 N–H and O–H groups in total. The van der Waals surface area contributed by atoms with Crippen molar-refractivity contribution in [3.05, 3.63) is 42.1 Å². The Bertz CT molecular complexity index is 583. The summed E-state index contributed by atoms with van der Waals surface area (Å²) in [4.78, 5) is 11.9. The number of hydrogen-bond acceptors (Lipinski definition) is 4. The zero-order valence-electron chi connectivity index (χ0n) is 12.5. The van der Waals surface area contributed by atoms with Crippen LogP contribution in [0.1, 0.15) is 12.0 Å². The molecule has 7 heteroatoms. The van der Waals surface area contributed by atoms with Crippen molar-refractivity contribution in [2.24, 2.45) is 0 Å². The summed E-state index contributed by atoms with van der Waals surface area (Å²) < 4.78 is 6.78. The van der Waals surface area contributed by atoms with E-state index in [1.54, 1.807) is 30.0 Å². The Hall–Kier alpha value is -2.05. The number of hydrogen-bond donors (Lipinski definition) is 2. The molecule has 0 fully saturated rings. The van der Waals surface area contributed by atoms with Gasteiger partial charge in [0, 0.05) is 38.2 Å². The molecule has 0 aliphatic rings. The van der Waals surface area contributed by atoms with E-state index in [0.717, 1.165) is 18.5 Å². The third-order valence-corrected chi connectivity index (χ3v) is 2.99. The number of carbonyl (C=O) groups is 1. The fraction of sp³-hybridized carbons (Fsp3) is 0.333. The number of nitrogens with zero attached hydrogens (tertiary/aromatic N) is 2. The molecule has 0 spiro atoms. The number of nitrogens with one attached hydrogen (secondary N) is 1. The quantitative estimate of drug-likeness (QED) is 0.603. The van der Waals surface area contributed by atoms with E-state index in [-0.39, 0.29) is 18.3 Å². The molecule has 22 heavy (non-hydrogen) atoms. The first-order valence-corrected chi connectivity index (χ1v) is 6.84. The van der Waals surface area contributed by atoms with Crippen LogP contribution in [0.25, 0.3) is 0 Å². The van der Waals surface area contributed by atoms with Crippen molar-refractivity contribution >= 4 is 29.8 Å². The van der Waals surface area contributed by atoms with E-state index in [0.29, 0.717) is 24.5 Å². The van der Waals surface area contributed by atoms with E-state index in [1.165, 1.54) is 0 Å². The van der Waals surface area contributed by atoms with E-state index < -0.39 is 0 Å². The van der Waals surface area contributed by atoms with Crippen molar-refractivity contribution in [2.75, 3.05) is 24.8 Å². The van der Waals surface area contributed by atoms with Crippen LogP contribution < -0.4 is 11.1 Å². The van der Waals surface area contributed by atoms with Crippen molar-refractivity contribution in [1.82, 2.24) is 9.78 Å². The third kappa shape index (κ3) is 5.75. The zero-order chi connectivity index (χ0) is 15.1. The highest BCUT2D eigenvalue weighted by Crippen LogP contribution is 2.08. The second-order valence-corrected chi connectivity index (χ2v) is 4.78. The Morgan fingerprint density at radius 3 is 2.73 bits per heavy atom. The third-order valence-electron chi connectivity index (χ3n) is 2.99. The van der Waals surface area contributed by atoms with Crippen LogP contribution in [0.15, 0.2) is 36.5 Å². The first-order valence-electron chi connectivity index (χ1n) is 6.84. The number of methoxy groups -OCH3 is 1. The van der Waals surface area contributed by atoms with Gasteiger partial charge in [-0.25, -0.2) is 0 Å². The van der Waals surface area contributed by atoms with E-state index in [2.05, 4.69) is 10.4 Å². The van der Waals surface area contributed by atoms with Crippen LogP contribution in [-0.2, 0) is 22.5 Å². The number of rotatable bonds is 7. The smallest absolute Gasteiger partial charge is 0.229 e. The van der Waals surface area contributed by atoms with Gasteiger partial charge in [0.25, 0.3) is 0 Å². The number of ether oxygens (including phenoxy) is 1. The molecule has 120 valence electrons. The van der Waals surface area contributed by atoms with Gasteiger partial charge >= 0.3 is 0 Å². The van der Waals surface area contributed by atoms with E-state index in [4.69, 9.17) is 10.5 Å². The molecule has 0 aliphatic carbocycles. The van der Waals surface area contributed by atoms with Gasteiger partial charge in [-0.05, 0) is 24.1 Å². The molecule has 1 aromatic carbocycles. The highest BCUT2D eigenvalue weighted by atomic mass is 35.5. The predicted molar refractivity (Wildman–Crippen MR) is 89.2 cm³/mol. The van der Waals surface area contributed by atoms with Crippen LogP contribution in [0.5, 0.6) is 0 Å². The largest absolute Gasteiger partial charge is 0.399 e. The van der Waals surface area contributed by atoms with Gasteiger partial charge in [0.05, 0.1) is 6.42 Å². The molecule has 0 unspecified atom stereocenters. The summed E-state index contributed by atoms with van der Waals surface area (Å²) >= 11 is 0. The number of nitrogens with two attached hydrogens (primary N) is 1. The lowest BCUT2D eigenvalue weighted by atomic mass is 10.1. The second kappa shape index (κ2) is 9.07. The van der Waals surface area contributed by atoms with Gasteiger partial charge in [0.15, 0.2) is 5.82 Å². The normalized spacial score (nSPS) is 10.0. The topological polar surface area (TPSA) is 82.2 Å². The van der Waals surface area contributed by atoms with Gasteiger partial charge < -0.3 is 15.8 Å². The highest BCUT2D eigenvalue weighted by molar-refractivity contribution is 5.91. The highest BCUT2D eigenvalue weighted by Gasteiger charge is 2.06. The minimum absolute atomic E-state index is 0. The van der Waals surface area contributed by atoms with Gasteiger partial charge in [0.2, 0.25) is 5.91 Å². The van der Waals surface area contributed by atoms with Crippen molar-refractivity contribution < 1.29 is 9.53 Å². The maximum absolute atomic E-state index is 11.9. The monoisotopic (exact) mass is 324 g/mol. The SMILES string of the molecule is COCCCn1ccc(NC(=O)Cc2ccc(N)cc2)n1.Cl. The molecule has 0 saturated carbocycles. The summed E-state index contributed by atoms with van der Waals surface area (Å²) in [6, 6.07) is 9.05. The van der Waals surface area contributed by atoms with Gasteiger partial charge in [-0.1, -0.05) is 12.1 Å². The maximum Gasteiger partial charge on any atom is 0.229 e. The van der Waals surface area contributed by atoms with Crippen molar-refractivity contribution in [3.63, 3.8) is 0 Å². The summed E-state index contributed by atoms with van der Waals surface area (Å²) in [5, 5.41) is 7.07. The van der Waals surface area contributed by atoms with Crippen molar-refractivity contribution in [2.45, 2.75) is 19.4 Å². The standard InChI is InChI=1S/C15H20N4O2.ClH/c1-21-10-2-8-19-9-7-14(18-19)17-15(20)11-12-3-5-13(16)6-4-12;/h3-7,9H,2,8,10-11,16H2,1H3,(H,17,18,20);1H. The fourth-order valence-electron chi connectivity index (χ4n) is 1.93. The summed E-state index contributed by atoms with van der Waals surface area (Å²) in [5.74, 6) is 0.467. The molecule has 6 nitrogen and oxygen atoms in total. The van der Waals surface area contributed by atoms with Crippen molar-refractivity contribution in [3.8, 4) is 0 Å². The minimum atomic E-state index is -0.0955. The zero-order valence-corrected chi connectivity index (χ0v) is 13.3. The maximum atomic E-state index is 11.9. The van der Waals surface area contributed by atoms with Gasteiger partial charge in [-0.2, -0.15) is 5.10 Å². The average molecular weight is 325 g/mol. The molecule has 1 amide bonds. The van der Waals surface area contributed by atoms with Crippen LogP contribution >= 0.6 is 12.4 Å². The summed E-state index contributed by atoms with van der Waals surface area (Å²) in [5.41, 5.74) is 7.22. The number of halogens is 1. The number of aromatic nitrogens is 2. The Balaban J connectivity index is 0.00000242.